The van der Waals surface area contributed by atoms with Crippen LogP contribution in [0.25, 0.3) is 0 Å². The molecule has 0 aromatic heterocycles. The first kappa shape index (κ1) is 38.8. The van der Waals surface area contributed by atoms with Gasteiger partial charge in [0.2, 0.25) is 0 Å². The molecule has 2 N–H and O–H groups in total. The van der Waals surface area contributed by atoms with Gasteiger partial charge in [0.1, 0.15) is 6.61 Å². The second-order valence-electron chi connectivity index (χ2n) is 10.7. The normalized spacial score (nSPS) is 13.6. The Morgan fingerprint density at radius 1 is 0.659 bits per heavy atom. The van der Waals surface area contributed by atoms with Gasteiger partial charge < -0.3 is 19.7 Å². The molecule has 0 fully saturated rings. The number of ether oxygens (including phenoxy) is 2. The van der Waals surface area contributed by atoms with E-state index in [4.69, 9.17) is 9.47 Å². The van der Waals surface area contributed by atoms with Gasteiger partial charge in [0.15, 0.2) is 6.10 Å². The van der Waals surface area contributed by atoms with Gasteiger partial charge in [-0.15, -0.1) is 0 Å². The predicted octanol–water partition coefficient (Wildman–Crippen LogP) is 8.47. The molecule has 6 heteroatoms. The lowest BCUT2D eigenvalue weighted by molar-refractivity contribution is -0.161. The number of rotatable bonds is 28. The van der Waals surface area contributed by atoms with Crippen molar-refractivity contribution in [3.05, 3.63) is 48.6 Å². The van der Waals surface area contributed by atoms with E-state index in [-0.39, 0.29) is 31.3 Å². The van der Waals surface area contributed by atoms with Crippen LogP contribution in [0.4, 0.5) is 0 Å². The second-order valence-corrected chi connectivity index (χ2v) is 10.7. The van der Waals surface area contributed by atoms with E-state index >= 15 is 0 Å². The number of esters is 2. The average molecular weight is 577 g/mol. The number of aliphatic hydroxyl groups is 2. The highest BCUT2D eigenvalue weighted by Gasteiger charge is 2.16. The topological polar surface area (TPSA) is 93.1 Å². The molecule has 41 heavy (non-hydrogen) atoms. The monoisotopic (exact) mass is 576 g/mol. The summed E-state index contributed by atoms with van der Waals surface area (Å²) in [5.41, 5.74) is 0. The zero-order chi connectivity index (χ0) is 30.2. The molecule has 0 aromatic rings. The molecule has 0 spiro atoms. The maximum absolute atomic E-state index is 12.0. The van der Waals surface area contributed by atoms with Gasteiger partial charge in [-0.2, -0.15) is 0 Å². The summed E-state index contributed by atoms with van der Waals surface area (Å²) in [4.78, 5) is 24.0. The van der Waals surface area contributed by atoms with Gasteiger partial charge in [-0.3, -0.25) is 9.59 Å². The smallest absolute Gasteiger partial charge is 0.306 e. The molecule has 236 valence electrons. The summed E-state index contributed by atoms with van der Waals surface area (Å²) in [6.45, 7) is 3.88. The lowest BCUT2D eigenvalue weighted by Crippen LogP contribution is -2.28. The largest absolute Gasteiger partial charge is 0.462 e. The Kier molecular flexibility index (Phi) is 29.1. The third-order valence-corrected chi connectivity index (χ3v) is 6.70. The summed E-state index contributed by atoms with van der Waals surface area (Å²) in [5, 5.41) is 19.2. The van der Waals surface area contributed by atoms with Crippen molar-refractivity contribution in [3.63, 3.8) is 0 Å². The standard InChI is InChI=1S/C35H60O6/c1-3-5-7-8-9-14-19-22-25-29-35(39)41-33(30-36)31-40-34(38)28-24-21-18-16-13-11-10-12-15-17-20-23-27-32(37)26-6-4-2/h10-11,15-18,23,27,32-33,36-37H,3-9,12-14,19-22,24-26,28-31H2,1-2H3/b11-10-,17-15-,18-16-,27-23-/t32-,33-/m0/s1. The van der Waals surface area contributed by atoms with E-state index in [9.17, 15) is 19.8 Å². The number of carbonyl (C=O) groups is 2. The van der Waals surface area contributed by atoms with Crippen LogP contribution in [0.5, 0.6) is 0 Å². The van der Waals surface area contributed by atoms with Crippen molar-refractivity contribution in [2.75, 3.05) is 13.2 Å². The van der Waals surface area contributed by atoms with E-state index in [0.717, 1.165) is 64.2 Å². The highest BCUT2D eigenvalue weighted by Crippen LogP contribution is 2.11. The number of carbonyl (C=O) groups excluding carboxylic acids is 2. The van der Waals surface area contributed by atoms with Gasteiger partial charge in [-0.05, 0) is 44.9 Å². The summed E-state index contributed by atoms with van der Waals surface area (Å²) in [6, 6.07) is 0. The molecule has 0 heterocycles. The molecule has 0 amide bonds. The molecule has 0 aliphatic carbocycles. The van der Waals surface area contributed by atoms with Crippen molar-refractivity contribution in [3.8, 4) is 0 Å². The van der Waals surface area contributed by atoms with E-state index < -0.39 is 6.10 Å². The van der Waals surface area contributed by atoms with E-state index in [1.807, 2.05) is 12.2 Å². The average Bonchev–Trinajstić information content (AvgIpc) is 2.97. The Morgan fingerprint density at radius 3 is 1.80 bits per heavy atom. The van der Waals surface area contributed by atoms with E-state index in [2.05, 4.69) is 50.3 Å². The molecule has 0 aliphatic rings. The van der Waals surface area contributed by atoms with Crippen LogP contribution in [0.1, 0.15) is 136 Å². The minimum absolute atomic E-state index is 0.106. The van der Waals surface area contributed by atoms with E-state index in [1.165, 1.54) is 38.5 Å². The Morgan fingerprint density at radius 2 is 1.20 bits per heavy atom. The molecule has 0 unspecified atom stereocenters. The molecule has 0 rings (SSSR count). The molecule has 0 bridgehead atoms. The van der Waals surface area contributed by atoms with Crippen LogP contribution in [0.2, 0.25) is 0 Å². The van der Waals surface area contributed by atoms with Crippen molar-refractivity contribution in [1.29, 1.82) is 0 Å². The maximum Gasteiger partial charge on any atom is 0.306 e. The number of hydrogen-bond donors (Lipinski definition) is 2. The van der Waals surface area contributed by atoms with Crippen molar-refractivity contribution in [2.45, 2.75) is 148 Å². The first-order valence-corrected chi connectivity index (χ1v) is 16.3. The molecule has 0 aromatic carbocycles. The maximum atomic E-state index is 12.0. The molecule has 0 saturated carbocycles. The van der Waals surface area contributed by atoms with Crippen LogP contribution in [-0.4, -0.2) is 47.6 Å². The SMILES string of the molecule is CCCCCCCCCCCC(=O)O[C@@H](CO)COC(=O)CCC/C=C\C/C=C\C/C=C\C/C=C\[C@@H](O)CCCC. The summed E-state index contributed by atoms with van der Waals surface area (Å²) in [5.74, 6) is -0.687. The van der Waals surface area contributed by atoms with Gasteiger partial charge in [0, 0.05) is 12.8 Å². The number of unbranched alkanes of at least 4 members (excludes halogenated alkanes) is 10. The lowest BCUT2D eigenvalue weighted by atomic mass is 10.1. The van der Waals surface area contributed by atoms with E-state index in [1.54, 1.807) is 0 Å². The summed E-state index contributed by atoms with van der Waals surface area (Å²) < 4.78 is 10.5. The lowest BCUT2D eigenvalue weighted by Gasteiger charge is -2.15. The van der Waals surface area contributed by atoms with Gasteiger partial charge in [-0.25, -0.2) is 0 Å². The third kappa shape index (κ3) is 29.1. The van der Waals surface area contributed by atoms with Crippen LogP contribution >= 0.6 is 0 Å². The predicted molar refractivity (Wildman–Crippen MR) is 170 cm³/mol. The van der Waals surface area contributed by atoms with Gasteiger partial charge >= 0.3 is 11.9 Å². The fourth-order valence-electron chi connectivity index (χ4n) is 4.15. The summed E-state index contributed by atoms with van der Waals surface area (Å²) in [7, 11) is 0. The number of hydrogen-bond acceptors (Lipinski definition) is 6. The molecule has 0 aliphatic heterocycles. The first-order chi connectivity index (χ1) is 20.0. The quantitative estimate of drug-likeness (QED) is 0.0551. The molecule has 0 saturated heterocycles. The van der Waals surface area contributed by atoms with Gasteiger partial charge in [-0.1, -0.05) is 127 Å². The van der Waals surface area contributed by atoms with E-state index in [0.29, 0.717) is 19.3 Å². The molecule has 6 nitrogen and oxygen atoms in total. The summed E-state index contributed by atoms with van der Waals surface area (Å²) >= 11 is 0. The Hall–Kier alpha value is -2.18. The fourth-order valence-corrected chi connectivity index (χ4v) is 4.15. The second kappa shape index (κ2) is 30.8. The van der Waals surface area contributed by atoms with Crippen LogP contribution in [0.15, 0.2) is 48.6 Å². The first-order valence-electron chi connectivity index (χ1n) is 16.3. The number of aliphatic hydroxyl groups excluding tert-OH is 2. The van der Waals surface area contributed by atoms with Crippen molar-refractivity contribution in [2.24, 2.45) is 0 Å². The number of allylic oxidation sites excluding steroid dienone is 7. The molecular formula is C35H60O6. The highest BCUT2D eigenvalue weighted by atomic mass is 16.6. The highest BCUT2D eigenvalue weighted by molar-refractivity contribution is 5.70. The van der Waals surface area contributed by atoms with Gasteiger partial charge in [0.25, 0.3) is 0 Å². The Labute approximate surface area is 251 Å². The van der Waals surface area contributed by atoms with Crippen molar-refractivity contribution in [1.82, 2.24) is 0 Å². The van der Waals surface area contributed by atoms with Crippen LogP contribution in [0, 0.1) is 0 Å². The van der Waals surface area contributed by atoms with Crippen LogP contribution < -0.4 is 0 Å². The minimum atomic E-state index is -0.800. The Bertz CT molecular complexity index is 724. The zero-order valence-electron chi connectivity index (χ0n) is 26.2. The Balaban J connectivity index is 3.76. The van der Waals surface area contributed by atoms with Gasteiger partial charge in [0.05, 0.1) is 12.7 Å². The van der Waals surface area contributed by atoms with Crippen LogP contribution in [-0.2, 0) is 19.1 Å². The zero-order valence-corrected chi connectivity index (χ0v) is 26.2. The molecule has 2 atom stereocenters. The minimum Gasteiger partial charge on any atom is -0.462 e. The van der Waals surface area contributed by atoms with Crippen molar-refractivity contribution >= 4 is 11.9 Å². The molecular weight excluding hydrogens is 516 g/mol. The fraction of sp³-hybridized carbons (Fsp3) is 0.714. The van der Waals surface area contributed by atoms with Crippen LogP contribution in [0.3, 0.4) is 0 Å². The van der Waals surface area contributed by atoms with Crippen molar-refractivity contribution < 1.29 is 29.3 Å². The third-order valence-electron chi connectivity index (χ3n) is 6.70. The molecule has 0 radical (unpaired) electrons. The summed E-state index contributed by atoms with van der Waals surface area (Å²) in [6.07, 6.45) is 33.6.